The summed E-state index contributed by atoms with van der Waals surface area (Å²) in [6.45, 7) is 4.29. The van der Waals surface area contributed by atoms with E-state index in [9.17, 15) is 13.2 Å². The van der Waals surface area contributed by atoms with Gasteiger partial charge in [-0.1, -0.05) is 11.6 Å². The summed E-state index contributed by atoms with van der Waals surface area (Å²) in [5.41, 5.74) is 0.250. The quantitative estimate of drug-likeness (QED) is 0.786. The van der Waals surface area contributed by atoms with Gasteiger partial charge in [0.05, 0.1) is 11.6 Å². The number of nitrogens with zero attached hydrogens (tertiary/aromatic N) is 2. The molecule has 9 heteroatoms. The van der Waals surface area contributed by atoms with Crippen LogP contribution in [0.2, 0.25) is 5.02 Å². The van der Waals surface area contributed by atoms with Crippen molar-refractivity contribution in [3.63, 3.8) is 0 Å². The van der Waals surface area contributed by atoms with Crippen LogP contribution in [-0.4, -0.2) is 76.5 Å². The summed E-state index contributed by atoms with van der Waals surface area (Å²) in [5, 5.41) is 2.87. The van der Waals surface area contributed by atoms with Crippen molar-refractivity contribution in [2.75, 3.05) is 46.9 Å². The minimum Gasteiger partial charge on any atom is -0.383 e. The molecule has 1 amide bonds. The van der Waals surface area contributed by atoms with Crippen LogP contribution in [0.1, 0.15) is 17.3 Å². The van der Waals surface area contributed by atoms with Crippen LogP contribution in [0.3, 0.4) is 0 Å². The Balaban J connectivity index is 2.25. The van der Waals surface area contributed by atoms with E-state index in [1.54, 1.807) is 14.0 Å². The molecule has 0 aromatic heterocycles. The van der Waals surface area contributed by atoms with Crippen LogP contribution in [0.4, 0.5) is 0 Å². The van der Waals surface area contributed by atoms with Crippen molar-refractivity contribution in [3.8, 4) is 0 Å². The second-order valence-electron chi connectivity index (χ2n) is 6.18. The van der Waals surface area contributed by atoms with E-state index in [1.807, 2.05) is 7.05 Å². The maximum atomic E-state index is 12.9. The van der Waals surface area contributed by atoms with Gasteiger partial charge in [0.25, 0.3) is 5.91 Å². The van der Waals surface area contributed by atoms with E-state index in [2.05, 4.69) is 10.2 Å². The molecule has 1 aromatic rings. The highest BCUT2D eigenvalue weighted by atomic mass is 35.5. The molecule has 7 nitrogen and oxygen atoms in total. The fraction of sp³-hybridized carbons (Fsp3) is 0.562. The molecular formula is C16H24ClN3O4S. The third kappa shape index (κ3) is 4.92. The van der Waals surface area contributed by atoms with Crippen molar-refractivity contribution in [1.29, 1.82) is 0 Å². The van der Waals surface area contributed by atoms with Crippen LogP contribution < -0.4 is 5.32 Å². The van der Waals surface area contributed by atoms with Gasteiger partial charge in [0.1, 0.15) is 4.90 Å². The van der Waals surface area contributed by atoms with Gasteiger partial charge in [-0.25, -0.2) is 8.42 Å². The van der Waals surface area contributed by atoms with Gasteiger partial charge in [-0.05, 0) is 32.2 Å². The average Bonchev–Trinajstić information content (AvgIpc) is 2.55. The Hall–Kier alpha value is -1.19. The van der Waals surface area contributed by atoms with E-state index in [1.165, 1.54) is 22.5 Å². The molecule has 1 aliphatic heterocycles. The molecule has 0 spiro atoms. The lowest BCUT2D eigenvalue weighted by atomic mass is 10.2. The number of methoxy groups -OCH3 is 1. The first-order chi connectivity index (χ1) is 11.8. The number of hydrogen-bond donors (Lipinski definition) is 1. The minimum absolute atomic E-state index is 0.0363. The predicted molar refractivity (Wildman–Crippen MR) is 96.5 cm³/mol. The van der Waals surface area contributed by atoms with Gasteiger partial charge in [0, 0.05) is 44.9 Å². The van der Waals surface area contributed by atoms with Crippen molar-refractivity contribution >= 4 is 27.5 Å². The lowest BCUT2D eigenvalue weighted by molar-refractivity contribution is 0.0905. The molecule has 0 radical (unpaired) electrons. The molecule has 0 unspecified atom stereocenters. The van der Waals surface area contributed by atoms with E-state index in [0.29, 0.717) is 32.8 Å². The molecule has 25 heavy (non-hydrogen) atoms. The monoisotopic (exact) mass is 389 g/mol. The molecule has 1 N–H and O–H groups in total. The summed E-state index contributed by atoms with van der Waals surface area (Å²) in [6.07, 6.45) is 0. The highest BCUT2D eigenvalue weighted by Gasteiger charge is 2.30. The Bertz CT molecular complexity index is 718. The molecule has 0 bridgehead atoms. The Labute approximate surface area is 153 Å². The number of ether oxygens (including phenoxy) is 1. The maximum absolute atomic E-state index is 12.9. The summed E-state index contributed by atoms with van der Waals surface area (Å²) in [5.74, 6) is -0.365. The largest absolute Gasteiger partial charge is 0.383 e. The first-order valence-corrected chi connectivity index (χ1v) is 9.85. The van der Waals surface area contributed by atoms with Crippen molar-refractivity contribution in [3.05, 3.63) is 28.8 Å². The van der Waals surface area contributed by atoms with Crippen LogP contribution in [0.25, 0.3) is 0 Å². The number of sulfonamides is 1. The van der Waals surface area contributed by atoms with Gasteiger partial charge >= 0.3 is 0 Å². The lowest BCUT2D eigenvalue weighted by Crippen LogP contribution is -2.47. The Morgan fingerprint density at radius 3 is 2.56 bits per heavy atom. The Kier molecular flexibility index (Phi) is 6.81. The van der Waals surface area contributed by atoms with E-state index in [0.717, 1.165) is 0 Å². The van der Waals surface area contributed by atoms with Crippen LogP contribution in [0.5, 0.6) is 0 Å². The van der Waals surface area contributed by atoms with Crippen LogP contribution in [-0.2, 0) is 14.8 Å². The van der Waals surface area contributed by atoms with Crippen LogP contribution in [0, 0.1) is 0 Å². The first-order valence-electron chi connectivity index (χ1n) is 8.03. The van der Waals surface area contributed by atoms with Gasteiger partial charge in [0.15, 0.2) is 0 Å². The minimum atomic E-state index is -3.74. The van der Waals surface area contributed by atoms with Gasteiger partial charge in [0.2, 0.25) is 10.0 Å². The number of nitrogens with one attached hydrogen (secondary N) is 1. The van der Waals surface area contributed by atoms with E-state index in [-0.39, 0.29) is 27.4 Å². The zero-order valence-electron chi connectivity index (χ0n) is 14.7. The summed E-state index contributed by atoms with van der Waals surface area (Å²) >= 11 is 6.12. The standard InChI is InChI=1S/C16H24ClN3O4S/c1-12(11-24-3)18-16(21)13-4-5-14(17)15(10-13)25(22,23)20-8-6-19(2)7-9-20/h4-5,10,12H,6-9,11H2,1-3H3,(H,18,21)/t12-/m1/s1. The fourth-order valence-corrected chi connectivity index (χ4v) is 4.53. The Morgan fingerprint density at radius 1 is 1.32 bits per heavy atom. The Morgan fingerprint density at radius 2 is 1.96 bits per heavy atom. The second kappa shape index (κ2) is 8.46. The van der Waals surface area contributed by atoms with Gasteiger partial charge in [-0.2, -0.15) is 4.31 Å². The summed E-state index contributed by atoms with van der Waals surface area (Å²) in [6, 6.07) is 4.11. The maximum Gasteiger partial charge on any atom is 0.251 e. The lowest BCUT2D eigenvalue weighted by Gasteiger charge is -2.31. The number of carbonyl (C=O) groups excluding carboxylic acids is 1. The SMILES string of the molecule is COC[C@@H](C)NC(=O)c1ccc(Cl)c(S(=O)(=O)N2CCN(C)CC2)c1. The normalized spacial score (nSPS) is 18.1. The number of piperazine rings is 1. The second-order valence-corrected chi connectivity index (χ2v) is 8.50. The number of likely N-dealkylation sites (N-methyl/N-ethyl adjacent to an activating group) is 1. The zero-order valence-corrected chi connectivity index (χ0v) is 16.2. The predicted octanol–water partition coefficient (Wildman–Crippen LogP) is 1.04. The van der Waals surface area contributed by atoms with E-state index >= 15 is 0 Å². The highest BCUT2D eigenvalue weighted by molar-refractivity contribution is 7.89. The number of halogens is 1. The molecule has 1 atom stereocenters. The van der Waals surface area contributed by atoms with Crippen LogP contribution in [0.15, 0.2) is 23.1 Å². The topological polar surface area (TPSA) is 78.9 Å². The molecule has 0 saturated carbocycles. The third-order valence-corrected chi connectivity index (χ3v) is 6.45. The number of amides is 1. The molecule has 1 aromatic carbocycles. The van der Waals surface area contributed by atoms with Crippen molar-refractivity contribution in [2.24, 2.45) is 0 Å². The molecule has 2 rings (SSSR count). The molecule has 1 heterocycles. The summed E-state index contributed by atoms with van der Waals surface area (Å²) < 4.78 is 32.2. The van der Waals surface area contributed by atoms with E-state index in [4.69, 9.17) is 16.3 Å². The van der Waals surface area contributed by atoms with Crippen molar-refractivity contribution < 1.29 is 17.9 Å². The van der Waals surface area contributed by atoms with Crippen LogP contribution >= 0.6 is 11.6 Å². The van der Waals surface area contributed by atoms with Gasteiger partial charge in [-0.15, -0.1) is 0 Å². The fourth-order valence-electron chi connectivity index (χ4n) is 2.61. The number of benzene rings is 1. The van der Waals surface area contributed by atoms with E-state index < -0.39 is 10.0 Å². The summed E-state index contributed by atoms with van der Waals surface area (Å²) in [4.78, 5) is 14.3. The number of rotatable bonds is 6. The molecule has 1 saturated heterocycles. The third-order valence-electron chi connectivity index (χ3n) is 4.07. The molecule has 1 fully saturated rings. The van der Waals surface area contributed by atoms with Crippen molar-refractivity contribution in [2.45, 2.75) is 17.9 Å². The first kappa shape index (κ1) is 20.1. The van der Waals surface area contributed by atoms with Crippen molar-refractivity contribution in [1.82, 2.24) is 14.5 Å². The van der Waals surface area contributed by atoms with Gasteiger partial charge in [-0.3, -0.25) is 4.79 Å². The molecule has 140 valence electrons. The number of carbonyl (C=O) groups is 1. The summed E-state index contributed by atoms with van der Waals surface area (Å²) in [7, 11) is -0.246. The molecule has 1 aliphatic rings. The highest BCUT2D eigenvalue weighted by Crippen LogP contribution is 2.26. The smallest absolute Gasteiger partial charge is 0.251 e. The average molecular weight is 390 g/mol. The molecule has 0 aliphatic carbocycles. The zero-order chi connectivity index (χ0) is 18.6. The van der Waals surface area contributed by atoms with Gasteiger partial charge < -0.3 is 15.0 Å². The molecular weight excluding hydrogens is 366 g/mol. The number of hydrogen-bond acceptors (Lipinski definition) is 5.